The van der Waals surface area contributed by atoms with Gasteiger partial charge in [0.05, 0.1) is 31.5 Å². The fourth-order valence-corrected chi connectivity index (χ4v) is 2.77. The predicted octanol–water partition coefficient (Wildman–Crippen LogP) is 1.43. The monoisotopic (exact) mass is 413 g/mol. The first kappa shape index (κ1) is 20.1. The van der Waals surface area contributed by atoms with Crippen LogP contribution in [0.1, 0.15) is 0 Å². The number of amides is 1. The minimum absolute atomic E-state index is 0.128. The Morgan fingerprint density at radius 1 is 1.14 bits per heavy atom. The van der Waals surface area contributed by atoms with Gasteiger partial charge < -0.3 is 14.8 Å². The van der Waals surface area contributed by atoms with Crippen molar-refractivity contribution >= 4 is 39.7 Å². The van der Waals surface area contributed by atoms with Gasteiger partial charge in [-0.3, -0.25) is 20.4 Å². The number of ether oxygens (including phenoxy) is 2. The quantitative estimate of drug-likeness (QED) is 0.426. The molecule has 0 fully saturated rings. The van der Waals surface area contributed by atoms with E-state index in [0.717, 1.165) is 4.68 Å². The summed E-state index contributed by atoms with van der Waals surface area (Å²) >= 11 is 5.18. The third-order valence-corrected chi connectivity index (χ3v) is 4.23. The van der Waals surface area contributed by atoms with Crippen molar-refractivity contribution in [3.63, 3.8) is 0 Å². The SMILES string of the molecule is COc1ccc(OC)c(NC(=S)NNC(=O)Cn2ncc3ccccc3c2=O)c1. The molecule has 0 bridgehead atoms. The zero-order chi connectivity index (χ0) is 20.8. The number of nitrogens with zero attached hydrogens (tertiary/aromatic N) is 2. The molecule has 3 aromatic rings. The second kappa shape index (κ2) is 9.02. The topological polar surface area (TPSA) is 107 Å². The van der Waals surface area contributed by atoms with Crippen LogP contribution in [0.5, 0.6) is 11.5 Å². The van der Waals surface area contributed by atoms with E-state index in [2.05, 4.69) is 21.3 Å². The Labute approximate surface area is 171 Å². The van der Waals surface area contributed by atoms with Crippen LogP contribution in [-0.4, -0.2) is 35.0 Å². The van der Waals surface area contributed by atoms with Crippen molar-refractivity contribution in [1.29, 1.82) is 0 Å². The van der Waals surface area contributed by atoms with Gasteiger partial charge in [0, 0.05) is 11.5 Å². The van der Waals surface area contributed by atoms with Gasteiger partial charge >= 0.3 is 0 Å². The molecule has 0 saturated carbocycles. The lowest BCUT2D eigenvalue weighted by atomic mass is 10.2. The molecule has 10 heteroatoms. The fraction of sp³-hybridized carbons (Fsp3) is 0.158. The largest absolute Gasteiger partial charge is 0.497 e. The van der Waals surface area contributed by atoms with E-state index in [1.54, 1.807) is 49.7 Å². The van der Waals surface area contributed by atoms with Gasteiger partial charge in [-0.15, -0.1) is 0 Å². The summed E-state index contributed by atoms with van der Waals surface area (Å²) in [6, 6.07) is 12.2. The number of hydrazine groups is 1. The Morgan fingerprint density at radius 3 is 2.69 bits per heavy atom. The van der Waals surface area contributed by atoms with Gasteiger partial charge in [-0.1, -0.05) is 18.2 Å². The normalized spacial score (nSPS) is 10.3. The van der Waals surface area contributed by atoms with Crippen molar-refractivity contribution in [2.45, 2.75) is 6.54 Å². The third-order valence-electron chi connectivity index (χ3n) is 4.03. The number of hydrogen-bond donors (Lipinski definition) is 3. The van der Waals surface area contributed by atoms with E-state index in [4.69, 9.17) is 21.7 Å². The van der Waals surface area contributed by atoms with Crippen LogP contribution in [-0.2, 0) is 11.3 Å². The summed E-state index contributed by atoms with van der Waals surface area (Å²) in [5, 5.41) is 8.26. The van der Waals surface area contributed by atoms with Crippen LogP contribution in [0.25, 0.3) is 10.8 Å². The van der Waals surface area contributed by atoms with Gasteiger partial charge in [-0.05, 0) is 30.4 Å². The molecule has 29 heavy (non-hydrogen) atoms. The van der Waals surface area contributed by atoms with Crippen molar-refractivity contribution in [1.82, 2.24) is 20.6 Å². The Morgan fingerprint density at radius 2 is 1.93 bits per heavy atom. The molecule has 0 atom stereocenters. The van der Waals surface area contributed by atoms with E-state index in [1.807, 2.05) is 6.07 Å². The molecule has 0 unspecified atom stereocenters. The average Bonchev–Trinajstić information content (AvgIpc) is 2.74. The van der Waals surface area contributed by atoms with Gasteiger partial charge in [-0.25, -0.2) is 4.68 Å². The number of rotatable bonds is 5. The van der Waals surface area contributed by atoms with Gasteiger partial charge in [0.2, 0.25) is 0 Å². The molecule has 3 rings (SSSR count). The Bertz CT molecular complexity index is 1120. The first-order valence-electron chi connectivity index (χ1n) is 8.54. The van der Waals surface area contributed by atoms with E-state index >= 15 is 0 Å². The van der Waals surface area contributed by atoms with Crippen LogP contribution in [0.4, 0.5) is 5.69 Å². The van der Waals surface area contributed by atoms with E-state index in [9.17, 15) is 9.59 Å². The van der Waals surface area contributed by atoms with Crippen molar-refractivity contribution < 1.29 is 14.3 Å². The van der Waals surface area contributed by atoms with Crippen LogP contribution in [0.2, 0.25) is 0 Å². The molecular formula is C19H19N5O4S. The first-order chi connectivity index (χ1) is 14.0. The van der Waals surface area contributed by atoms with Crippen LogP contribution < -0.4 is 31.2 Å². The highest BCUT2D eigenvalue weighted by atomic mass is 32.1. The molecular weight excluding hydrogens is 394 g/mol. The second-order valence-electron chi connectivity index (χ2n) is 5.89. The van der Waals surface area contributed by atoms with Crippen molar-refractivity contribution in [2.24, 2.45) is 0 Å². The van der Waals surface area contributed by atoms with Crippen molar-refractivity contribution in [3.05, 3.63) is 59.0 Å². The Balaban J connectivity index is 1.60. The summed E-state index contributed by atoms with van der Waals surface area (Å²) in [5.41, 5.74) is 5.22. The zero-order valence-corrected chi connectivity index (χ0v) is 16.6. The van der Waals surface area contributed by atoms with E-state index in [0.29, 0.717) is 28.0 Å². The summed E-state index contributed by atoms with van der Waals surface area (Å²) in [4.78, 5) is 24.6. The lowest BCUT2D eigenvalue weighted by Gasteiger charge is -2.15. The van der Waals surface area contributed by atoms with Crippen molar-refractivity contribution in [2.75, 3.05) is 19.5 Å². The molecule has 0 radical (unpaired) electrons. The maximum absolute atomic E-state index is 12.4. The van der Waals surface area contributed by atoms with Gasteiger partial charge in [-0.2, -0.15) is 5.10 Å². The Hall–Kier alpha value is -3.66. The van der Waals surface area contributed by atoms with Gasteiger partial charge in [0.25, 0.3) is 11.5 Å². The molecule has 0 aliphatic rings. The molecule has 1 aromatic heterocycles. The number of anilines is 1. The van der Waals surface area contributed by atoms with Gasteiger partial charge in [0.1, 0.15) is 18.0 Å². The zero-order valence-electron chi connectivity index (χ0n) is 15.8. The molecule has 0 saturated heterocycles. The van der Waals surface area contributed by atoms with Gasteiger partial charge in [0.15, 0.2) is 5.11 Å². The van der Waals surface area contributed by atoms with Crippen LogP contribution in [0.3, 0.4) is 0 Å². The standard InChI is InChI=1S/C19H19N5O4S/c1-27-13-7-8-16(28-2)15(9-13)21-19(29)23-22-17(25)11-24-18(26)14-6-4-3-5-12(14)10-20-24/h3-10H,11H2,1-2H3,(H,22,25)(H2,21,23,29). The lowest BCUT2D eigenvalue weighted by molar-refractivity contribution is -0.122. The number of fused-ring (bicyclic) bond motifs is 1. The summed E-state index contributed by atoms with van der Waals surface area (Å²) in [5.74, 6) is 0.673. The smallest absolute Gasteiger partial charge is 0.275 e. The predicted molar refractivity (Wildman–Crippen MR) is 113 cm³/mol. The molecule has 2 aromatic carbocycles. The fourth-order valence-electron chi connectivity index (χ4n) is 2.61. The van der Waals surface area contributed by atoms with E-state index in [1.165, 1.54) is 7.11 Å². The summed E-state index contributed by atoms with van der Waals surface area (Å²) in [6.07, 6.45) is 1.54. The molecule has 3 N–H and O–H groups in total. The van der Waals surface area contributed by atoms with Crippen LogP contribution in [0.15, 0.2) is 53.5 Å². The number of aromatic nitrogens is 2. The highest BCUT2D eigenvalue weighted by Crippen LogP contribution is 2.28. The molecule has 0 spiro atoms. The number of thiocarbonyl (C=S) groups is 1. The number of nitrogens with one attached hydrogen (secondary N) is 3. The average molecular weight is 413 g/mol. The molecule has 0 aliphatic heterocycles. The van der Waals surface area contributed by atoms with Crippen LogP contribution >= 0.6 is 12.2 Å². The number of carbonyl (C=O) groups excluding carboxylic acids is 1. The maximum Gasteiger partial charge on any atom is 0.275 e. The molecule has 9 nitrogen and oxygen atoms in total. The third kappa shape index (κ3) is 4.79. The van der Waals surface area contributed by atoms with Crippen LogP contribution in [0, 0.1) is 0 Å². The highest BCUT2D eigenvalue weighted by molar-refractivity contribution is 7.80. The highest BCUT2D eigenvalue weighted by Gasteiger charge is 2.10. The minimum atomic E-state index is -0.489. The molecule has 0 aliphatic carbocycles. The molecule has 1 amide bonds. The maximum atomic E-state index is 12.4. The number of carbonyl (C=O) groups is 1. The number of benzene rings is 2. The lowest BCUT2D eigenvalue weighted by Crippen LogP contribution is -2.46. The minimum Gasteiger partial charge on any atom is -0.497 e. The number of methoxy groups -OCH3 is 2. The summed E-state index contributed by atoms with van der Waals surface area (Å²) < 4.78 is 11.5. The Kier molecular flexibility index (Phi) is 6.25. The summed E-state index contributed by atoms with van der Waals surface area (Å²) in [6.45, 7) is -0.262. The first-order valence-corrected chi connectivity index (χ1v) is 8.95. The number of hydrogen-bond acceptors (Lipinski definition) is 6. The second-order valence-corrected chi connectivity index (χ2v) is 6.30. The molecule has 150 valence electrons. The van der Waals surface area contributed by atoms with E-state index < -0.39 is 5.91 Å². The summed E-state index contributed by atoms with van der Waals surface area (Å²) in [7, 11) is 3.07. The van der Waals surface area contributed by atoms with Crippen molar-refractivity contribution in [3.8, 4) is 11.5 Å². The van der Waals surface area contributed by atoms with E-state index in [-0.39, 0.29) is 17.2 Å². The molecule has 1 heterocycles.